The summed E-state index contributed by atoms with van der Waals surface area (Å²) in [5.74, 6) is -0.0280. The summed E-state index contributed by atoms with van der Waals surface area (Å²) in [5.41, 5.74) is 0.848. The first kappa shape index (κ1) is 18.2. The van der Waals surface area contributed by atoms with Gasteiger partial charge >= 0.3 is 0 Å². The van der Waals surface area contributed by atoms with Crippen molar-refractivity contribution in [1.29, 1.82) is 0 Å². The molecule has 1 aromatic carbocycles. The molecule has 0 aliphatic heterocycles. The minimum absolute atomic E-state index is 0.0450. The van der Waals surface area contributed by atoms with Gasteiger partial charge in [0, 0.05) is 26.7 Å². The fourth-order valence-electron chi connectivity index (χ4n) is 1.98. The first-order valence-electron chi connectivity index (χ1n) is 6.72. The van der Waals surface area contributed by atoms with Crippen LogP contribution in [-0.2, 0) is 19.6 Å². The Bertz CT molecular complexity index is 616. The number of rotatable bonds is 8. The van der Waals surface area contributed by atoms with Gasteiger partial charge in [-0.15, -0.1) is 0 Å². The molecule has 0 fully saturated rings. The zero-order valence-electron chi connectivity index (χ0n) is 13.2. The molecule has 1 amide bonds. The van der Waals surface area contributed by atoms with E-state index in [0.29, 0.717) is 23.7 Å². The van der Waals surface area contributed by atoms with Crippen LogP contribution in [0.3, 0.4) is 0 Å². The van der Waals surface area contributed by atoms with E-state index in [4.69, 9.17) is 9.47 Å². The molecule has 0 aliphatic rings. The molecule has 1 rings (SSSR count). The maximum absolute atomic E-state index is 12.1. The number of amides is 1. The van der Waals surface area contributed by atoms with E-state index in [2.05, 4.69) is 10.0 Å². The summed E-state index contributed by atoms with van der Waals surface area (Å²) >= 11 is 0. The van der Waals surface area contributed by atoms with Crippen LogP contribution in [0.4, 0.5) is 11.4 Å². The van der Waals surface area contributed by atoms with Gasteiger partial charge in [0.15, 0.2) is 0 Å². The Hall–Kier alpha value is -1.80. The van der Waals surface area contributed by atoms with Crippen LogP contribution in [0.25, 0.3) is 0 Å². The lowest BCUT2D eigenvalue weighted by Gasteiger charge is -2.14. The minimum Gasteiger partial charge on any atom is -0.494 e. The predicted molar refractivity (Wildman–Crippen MR) is 85.7 cm³/mol. The highest BCUT2D eigenvalue weighted by molar-refractivity contribution is 7.92. The van der Waals surface area contributed by atoms with Gasteiger partial charge in [-0.3, -0.25) is 9.52 Å². The Labute approximate surface area is 131 Å². The van der Waals surface area contributed by atoms with Crippen molar-refractivity contribution in [3.8, 4) is 5.75 Å². The highest BCUT2D eigenvalue weighted by Crippen LogP contribution is 2.28. The summed E-state index contributed by atoms with van der Waals surface area (Å²) < 4.78 is 36.7. The van der Waals surface area contributed by atoms with Gasteiger partial charge in [0.25, 0.3) is 0 Å². The molecule has 22 heavy (non-hydrogen) atoms. The number of carbonyl (C=O) groups is 1. The van der Waals surface area contributed by atoms with Crippen LogP contribution in [0.2, 0.25) is 0 Å². The Morgan fingerprint density at radius 2 is 2.00 bits per heavy atom. The lowest BCUT2D eigenvalue weighted by molar-refractivity contribution is -0.114. The number of carbonyl (C=O) groups excluding carboxylic acids is 1. The first-order valence-corrected chi connectivity index (χ1v) is 8.37. The molecular formula is C14H22N2O5S. The van der Waals surface area contributed by atoms with E-state index in [1.807, 2.05) is 0 Å². The van der Waals surface area contributed by atoms with Crippen molar-refractivity contribution >= 4 is 27.3 Å². The molecular weight excluding hydrogens is 308 g/mol. The lowest BCUT2D eigenvalue weighted by Crippen LogP contribution is -2.23. The molecule has 0 aromatic heterocycles. The normalized spacial score (nSPS) is 12.5. The van der Waals surface area contributed by atoms with Crippen molar-refractivity contribution in [2.75, 3.05) is 36.6 Å². The number of sulfonamides is 1. The number of anilines is 2. The van der Waals surface area contributed by atoms with E-state index in [9.17, 15) is 13.2 Å². The molecule has 0 bridgehead atoms. The molecule has 124 valence electrons. The van der Waals surface area contributed by atoms with Crippen LogP contribution in [0.5, 0.6) is 5.75 Å². The molecule has 8 heteroatoms. The minimum atomic E-state index is -3.49. The van der Waals surface area contributed by atoms with Gasteiger partial charge in [0.1, 0.15) is 5.75 Å². The summed E-state index contributed by atoms with van der Waals surface area (Å²) in [6, 6.07) is 4.66. The van der Waals surface area contributed by atoms with Crippen LogP contribution in [-0.4, -0.2) is 40.9 Å². The van der Waals surface area contributed by atoms with Crippen molar-refractivity contribution in [3.05, 3.63) is 18.2 Å². The second-order valence-electron chi connectivity index (χ2n) is 5.04. The van der Waals surface area contributed by atoms with Gasteiger partial charge in [-0.05, 0) is 18.1 Å². The summed E-state index contributed by atoms with van der Waals surface area (Å²) in [5, 5.41) is 2.61. The van der Waals surface area contributed by atoms with Crippen molar-refractivity contribution in [3.63, 3.8) is 0 Å². The molecule has 0 aliphatic carbocycles. The third kappa shape index (κ3) is 5.90. The van der Waals surface area contributed by atoms with Gasteiger partial charge in [-0.1, -0.05) is 6.92 Å². The van der Waals surface area contributed by atoms with Gasteiger partial charge in [-0.25, -0.2) is 8.42 Å². The number of hydrogen-bond acceptors (Lipinski definition) is 5. The Morgan fingerprint density at radius 3 is 2.55 bits per heavy atom. The van der Waals surface area contributed by atoms with Gasteiger partial charge < -0.3 is 14.8 Å². The van der Waals surface area contributed by atoms with Crippen molar-refractivity contribution < 1.29 is 22.7 Å². The number of nitrogens with one attached hydrogen (secondary N) is 2. The summed E-state index contributed by atoms with van der Waals surface area (Å²) in [4.78, 5) is 11.1. The largest absolute Gasteiger partial charge is 0.494 e. The van der Waals surface area contributed by atoms with Crippen molar-refractivity contribution in [2.45, 2.75) is 13.8 Å². The third-order valence-corrected chi connectivity index (χ3v) is 4.30. The molecule has 0 saturated carbocycles. The second kappa shape index (κ2) is 8.00. The van der Waals surface area contributed by atoms with Gasteiger partial charge in [0.2, 0.25) is 15.9 Å². The quantitative estimate of drug-likeness (QED) is 0.756. The zero-order chi connectivity index (χ0) is 16.8. The Balaban J connectivity index is 2.87. The average Bonchev–Trinajstić information content (AvgIpc) is 2.39. The van der Waals surface area contributed by atoms with Gasteiger partial charge in [-0.2, -0.15) is 0 Å². The summed E-state index contributed by atoms with van der Waals surface area (Å²) in [7, 11) is -0.516. The average molecular weight is 330 g/mol. The molecule has 0 radical (unpaired) electrons. The van der Waals surface area contributed by atoms with E-state index in [0.717, 1.165) is 0 Å². The van der Waals surface area contributed by atoms with Crippen LogP contribution < -0.4 is 14.8 Å². The van der Waals surface area contributed by atoms with Gasteiger partial charge in [0.05, 0.1) is 24.2 Å². The molecule has 0 spiro atoms. The van der Waals surface area contributed by atoms with E-state index >= 15 is 0 Å². The topological polar surface area (TPSA) is 93.7 Å². The molecule has 1 unspecified atom stereocenters. The highest BCUT2D eigenvalue weighted by atomic mass is 32.2. The fourth-order valence-corrected chi connectivity index (χ4v) is 3.39. The predicted octanol–water partition coefficient (Wildman–Crippen LogP) is 1.68. The van der Waals surface area contributed by atoms with E-state index < -0.39 is 10.0 Å². The Kier molecular flexibility index (Phi) is 6.63. The van der Waals surface area contributed by atoms with Crippen LogP contribution in [0.15, 0.2) is 18.2 Å². The van der Waals surface area contributed by atoms with Crippen LogP contribution in [0, 0.1) is 5.92 Å². The lowest BCUT2D eigenvalue weighted by atomic mass is 10.2. The SMILES string of the molecule is COCC(C)CS(=O)(=O)Nc1ccc(NC(C)=O)c(OC)c1. The molecule has 0 heterocycles. The number of methoxy groups -OCH3 is 2. The smallest absolute Gasteiger partial charge is 0.233 e. The van der Waals surface area contributed by atoms with Crippen molar-refractivity contribution in [2.24, 2.45) is 5.92 Å². The molecule has 7 nitrogen and oxygen atoms in total. The van der Waals surface area contributed by atoms with E-state index in [1.165, 1.54) is 27.2 Å². The van der Waals surface area contributed by atoms with Crippen molar-refractivity contribution in [1.82, 2.24) is 0 Å². The number of hydrogen-bond donors (Lipinski definition) is 2. The summed E-state index contributed by atoms with van der Waals surface area (Å²) in [6.07, 6.45) is 0. The maximum atomic E-state index is 12.1. The maximum Gasteiger partial charge on any atom is 0.233 e. The first-order chi connectivity index (χ1) is 10.3. The third-order valence-electron chi connectivity index (χ3n) is 2.74. The molecule has 1 aromatic rings. The zero-order valence-corrected chi connectivity index (χ0v) is 14.0. The molecule has 2 N–H and O–H groups in total. The fraction of sp³-hybridized carbons (Fsp3) is 0.500. The Morgan fingerprint density at radius 1 is 1.32 bits per heavy atom. The monoisotopic (exact) mass is 330 g/mol. The summed E-state index contributed by atoms with van der Waals surface area (Å²) in [6.45, 7) is 3.54. The van der Waals surface area contributed by atoms with E-state index in [-0.39, 0.29) is 17.6 Å². The standard InChI is InChI=1S/C14H22N2O5S/c1-10(8-20-3)9-22(18,19)16-12-5-6-13(15-11(2)17)14(7-12)21-4/h5-7,10,16H,8-9H2,1-4H3,(H,15,17). The van der Waals surface area contributed by atoms with E-state index in [1.54, 1.807) is 19.1 Å². The van der Waals surface area contributed by atoms with Crippen LogP contribution in [0.1, 0.15) is 13.8 Å². The number of ether oxygens (including phenoxy) is 2. The molecule has 1 atom stereocenters. The molecule has 0 saturated heterocycles. The van der Waals surface area contributed by atoms with Crippen LogP contribution >= 0.6 is 0 Å². The second-order valence-corrected chi connectivity index (χ2v) is 6.81. The number of benzene rings is 1. The highest BCUT2D eigenvalue weighted by Gasteiger charge is 2.16.